The van der Waals surface area contributed by atoms with Crippen molar-refractivity contribution in [1.82, 2.24) is 15.3 Å². The Morgan fingerprint density at radius 2 is 2.00 bits per heavy atom. The van der Waals surface area contributed by atoms with Crippen LogP contribution in [0.5, 0.6) is 0 Å². The Morgan fingerprint density at radius 1 is 1.23 bits per heavy atom. The maximum Gasteiger partial charge on any atom is 0.271 e. The van der Waals surface area contributed by atoms with E-state index in [0.29, 0.717) is 12.2 Å². The first kappa shape index (κ1) is 16.1. The van der Waals surface area contributed by atoms with Gasteiger partial charge in [0.1, 0.15) is 5.69 Å². The number of nitrogens with zero attached hydrogens (tertiary/aromatic N) is 2. The molecule has 0 saturated heterocycles. The zero-order valence-electron chi connectivity index (χ0n) is 13.7. The third-order valence-electron chi connectivity index (χ3n) is 3.68. The molecule has 1 aromatic carbocycles. The minimum absolute atomic E-state index is 0.156. The van der Waals surface area contributed by atoms with E-state index >= 15 is 0 Å². The highest BCUT2D eigenvalue weighted by Crippen LogP contribution is 2.24. The van der Waals surface area contributed by atoms with Crippen LogP contribution in [0, 0.1) is 6.92 Å². The SMILES string of the molecule is Cc1cc(C(C)(C)C)ccc1CCNC(=O)c1cnccn1. The molecule has 116 valence electrons. The van der Waals surface area contributed by atoms with Gasteiger partial charge in [-0.25, -0.2) is 4.98 Å². The summed E-state index contributed by atoms with van der Waals surface area (Å²) in [6, 6.07) is 6.57. The van der Waals surface area contributed by atoms with Crippen LogP contribution in [0.4, 0.5) is 0 Å². The van der Waals surface area contributed by atoms with E-state index in [-0.39, 0.29) is 11.3 Å². The lowest BCUT2D eigenvalue weighted by molar-refractivity contribution is 0.0948. The fraction of sp³-hybridized carbons (Fsp3) is 0.389. The lowest BCUT2D eigenvalue weighted by Gasteiger charge is -2.20. The number of carbonyl (C=O) groups is 1. The number of hydrogen-bond donors (Lipinski definition) is 1. The first-order chi connectivity index (χ1) is 10.4. The van der Waals surface area contributed by atoms with Crippen molar-refractivity contribution >= 4 is 5.91 Å². The maximum atomic E-state index is 11.9. The molecule has 0 spiro atoms. The Morgan fingerprint density at radius 3 is 2.59 bits per heavy atom. The highest BCUT2D eigenvalue weighted by Gasteiger charge is 2.14. The van der Waals surface area contributed by atoms with Crippen LogP contribution >= 0.6 is 0 Å². The van der Waals surface area contributed by atoms with Crippen LogP contribution in [-0.4, -0.2) is 22.4 Å². The number of aromatic nitrogens is 2. The highest BCUT2D eigenvalue weighted by atomic mass is 16.1. The summed E-state index contributed by atoms with van der Waals surface area (Å²) in [5.74, 6) is -0.183. The molecule has 1 aromatic heterocycles. The lowest BCUT2D eigenvalue weighted by Crippen LogP contribution is -2.26. The molecule has 22 heavy (non-hydrogen) atoms. The molecular formula is C18H23N3O. The van der Waals surface area contributed by atoms with E-state index in [2.05, 4.69) is 61.2 Å². The molecule has 0 atom stereocenters. The topological polar surface area (TPSA) is 54.9 Å². The third kappa shape index (κ3) is 4.13. The minimum atomic E-state index is -0.183. The monoisotopic (exact) mass is 297 g/mol. The van der Waals surface area contributed by atoms with Crippen LogP contribution in [0.15, 0.2) is 36.8 Å². The number of nitrogens with one attached hydrogen (secondary N) is 1. The Bertz CT molecular complexity index is 645. The van der Waals surface area contributed by atoms with Crippen molar-refractivity contribution in [2.24, 2.45) is 0 Å². The molecule has 1 heterocycles. The summed E-state index contributed by atoms with van der Waals surface area (Å²) in [6.07, 6.45) is 5.35. The van der Waals surface area contributed by atoms with Gasteiger partial charge < -0.3 is 5.32 Å². The second-order valence-corrected chi connectivity index (χ2v) is 6.49. The van der Waals surface area contributed by atoms with Gasteiger partial charge in [-0.05, 0) is 35.4 Å². The van der Waals surface area contributed by atoms with Gasteiger partial charge in [-0.15, -0.1) is 0 Å². The number of carbonyl (C=O) groups excluding carboxylic acids is 1. The molecule has 1 N–H and O–H groups in total. The van der Waals surface area contributed by atoms with E-state index in [9.17, 15) is 4.79 Å². The fourth-order valence-electron chi connectivity index (χ4n) is 2.26. The molecule has 2 rings (SSSR count). The van der Waals surface area contributed by atoms with Crippen molar-refractivity contribution in [2.75, 3.05) is 6.54 Å². The van der Waals surface area contributed by atoms with Crippen molar-refractivity contribution in [3.8, 4) is 0 Å². The zero-order valence-corrected chi connectivity index (χ0v) is 13.7. The Hall–Kier alpha value is -2.23. The Kier molecular flexibility index (Phi) is 4.91. The summed E-state index contributed by atoms with van der Waals surface area (Å²) in [5, 5.41) is 2.88. The second kappa shape index (κ2) is 6.69. The maximum absolute atomic E-state index is 11.9. The highest BCUT2D eigenvalue weighted by molar-refractivity contribution is 5.91. The average Bonchev–Trinajstić information content (AvgIpc) is 2.48. The second-order valence-electron chi connectivity index (χ2n) is 6.49. The van der Waals surface area contributed by atoms with Crippen LogP contribution in [-0.2, 0) is 11.8 Å². The van der Waals surface area contributed by atoms with Crippen LogP contribution in [0.25, 0.3) is 0 Å². The number of hydrogen-bond acceptors (Lipinski definition) is 3. The molecule has 0 radical (unpaired) electrons. The van der Waals surface area contributed by atoms with E-state index < -0.39 is 0 Å². The van der Waals surface area contributed by atoms with Gasteiger partial charge in [0.05, 0.1) is 6.20 Å². The summed E-state index contributed by atoms with van der Waals surface area (Å²) >= 11 is 0. The molecule has 1 amide bonds. The number of benzene rings is 1. The summed E-state index contributed by atoms with van der Waals surface area (Å²) in [4.78, 5) is 19.8. The van der Waals surface area contributed by atoms with Gasteiger partial charge in [0.2, 0.25) is 0 Å². The van der Waals surface area contributed by atoms with Crippen molar-refractivity contribution in [1.29, 1.82) is 0 Å². The minimum Gasteiger partial charge on any atom is -0.350 e. The van der Waals surface area contributed by atoms with Crippen molar-refractivity contribution in [3.05, 3.63) is 59.2 Å². The van der Waals surface area contributed by atoms with E-state index in [4.69, 9.17) is 0 Å². The van der Waals surface area contributed by atoms with Crippen LogP contribution in [0.2, 0.25) is 0 Å². The van der Waals surface area contributed by atoms with Gasteiger partial charge >= 0.3 is 0 Å². The van der Waals surface area contributed by atoms with Gasteiger partial charge in [0.15, 0.2) is 0 Å². The van der Waals surface area contributed by atoms with Gasteiger partial charge in [-0.1, -0.05) is 39.0 Å². The lowest BCUT2D eigenvalue weighted by atomic mass is 9.85. The molecule has 4 heteroatoms. The predicted octanol–water partition coefficient (Wildman–Crippen LogP) is 3.06. The molecule has 0 aliphatic rings. The molecular weight excluding hydrogens is 274 g/mol. The van der Waals surface area contributed by atoms with E-state index in [1.54, 1.807) is 6.20 Å². The van der Waals surface area contributed by atoms with Crippen molar-refractivity contribution in [3.63, 3.8) is 0 Å². The quantitative estimate of drug-likeness (QED) is 0.943. The van der Waals surface area contributed by atoms with Crippen molar-refractivity contribution in [2.45, 2.75) is 39.5 Å². The van der Waals surface area contributed by atoms with Gasteiger partial charge in [-0.3, -0.25) is 9.78 Å². The molecule has 0 aliphatic carbocycles. The summed E-state index contributed by atoms with van der Waals surface area (Å²) in [6.45, 7) is 9.34. The average molecular weight is 297 g/mol. The van der Waals surface area contributed by atoms with Gasteiger partial charge in [0.25, 0.3) is 5.91 Å². The smallest absolute Gasteiger partial charge is 0.271 e. The summed E-state index contributed by atoms with van der Waals surface area (Å²) in [7, 11) is 0. The first-order valence-electron chi connectivity index (χ1n) is 7.52. The molecule has 0 fully saturated rings. The van der Waals surface area contributed by atoms with E-state index in [1.807, 2.05) is 0 Å². The van der Waals surface area contributed by atoms with Gasteiger partial charge in [-0.2, -0.15) is 0 Å². The fourth-order valence-corrected chi connectivity index (χ4v) is 2.26. The van der Waals surface area contributed by atoms with Crippen LogP contribution in [0.1, 0.15) is 48.0 Å². The Balaban J connectivity index is 1.94. The van der Waals surface area contributed by atoms with Crippen LogP contribution < -0.4 is 5.32 Å². The van der Waals surface area contributed by atoms with E-state index in [0.717, 1.165) is 6.42 Å². The van der Waals surface area contributed by atoms with Crippen molar-refractivity contribution < 1.29 is 4.79 Å². The molecule has 0 aliphatic heterocycles. The predicted molar refractivity (Wildman–Crippen MR) is 87.9 cm³/mol. The summed E-state index contributed by atoms with van der Waals surface area (Å²) < 4.78 is 0. The molecule has 4 nitrogen and oxygen atoms in total. The zero-order chi connectivity index (χ0) is 16.2. The number of rotatable bonds is 4. The van der Waals surface area contributed by atoms with Crippen LogP contribution in [0.3, 0.4) is 0 Å². The molecule has 0 saturated carbocycles. The van der Waals surface area contributed by atoms with Gasteiger partial charge in [0, 0.05) is 18.9 Å². The molecule has 0 unspecified atom stereocenters. The Labute approximate surface area is 132 Å². The number of aryl methyl sites for hydroxylation is 1. The standard InChI is InChI=1S/C18H23N3O/c1-13-11-15(18(2,3)4)6-5-14(13)7-8-21-17(22)16-12-19-9-10-20-16/h5-6,9-12H,7-8H2,1-4H3,(H,21,22). The molecule has 0 bridgehead atoms. The third-order valence-corrected chi connectivity index (χ3v) is 3.68. The summed E-state index contributed by atoms with van der Waals surface area (Å²) in [5.41, 5.74) is 4.36. The molecule has 2 aromatic rings. The largest absolute Gasteiger partial charge is 0.350 e. The normalized spacial score (nSPS) is 11.3. The van der Waals surface area contributed by atoms with E-state index in [1.165, 1.54) is 29.1 Å². The first-order valence-corrected chi connectivity index (χ1v) is 7.52. The number of amides is 1.